The van der Waals surface area contributed by atoms with Crippen LogP contribution in [0, 0.1) is 0 Å². The fraction of sp³-hybridized carbons (Fsp3) is 0.538. The Morgan fingerprint density at radius 2 is 1.62 bits per heavy atom. The molecule has 1 fully saturated rings. The van der Waals surface area contributed by atoms with Gasteiger partial charge in [-0.15, -0.1) is 24.8 Å². The first-order valence-corrected chi connectivity index (χ1v) is 6.26. The van der Waals surface area contributed by atoms with Crippen LogP contribution in [-0.4, -0.2) is 42.4 Å². The number of nitrogens with one attached hydrogen (secondary N) is 1. The standard InChI is InChI=1S/C13H17F3N2O.2ClH/c14-13(15,16)9-12(18-7-5-17-6-8-18)10-1-3-11(19)4-2-10;;/h1-4,12,17,19H,5-9H2;2*1H/t12-;;/m0../s1. The van der Waals surface area contributed by atoms with E-state index in [4.69, 9.17) is 0 Å². The number of rotatable bonds is 3. The van der Waals surface area contributed by atoms with Crippen LogP contribution >= 0.6 is 24.8 Å². The Kier molecular flexibility index (Phi) is 8.39. The van der Waals surface area contributed by atoms with Gasteiger partial charge >= 0.3 is 6.18 Å². The third-order valence-electron chi connectivity index (χ3n) is 3.30. The highest BCUT2D eigenvalue weighted by molar-refractivity contribution is 5.85. The predicted octanol–water partition coefficient (Wildman–Crippen LogP) is 3.13. The van der Waals surface area contributed by atoms with E-state index < -0.39 is 18.6 Å². The van der Waals surface area contributed by atoms with Crippen molar-refractivity contribution in [3.63, 3.8) is 0 Å². The van der Waals surface area contributed by atoms with Crippen molar-refractivity contribution in [2.24, 2.45) is 0 Å². The highest BCUT2D eigenvalue weighted by atomic mass is 35.5. The Morgan fingerprint density at radius 3 is 2.10 bits per heavy atom. The van der Waals surface area contributed by atoms with E-state index in [0.717, 1.165) is 0 Å². The summed E-state index contributed by atoms with van der Waals surface area (Å²) in [4.78, 5) is 1.84. The molecule has 8 heteroatoms. The molecule has 0 bridgehead atoms. The summed E-state index contributed by atoms with van der Waals surface area (Å²) in [5, 5.41) is 12.4. The third kappa shape index (κ3) is 6.30. The number of halogens is 5. The molecule has 0 aliphatic carbocycles. The second-order valence-electron chi connectivity index (χ2n) is 4.71. The molecular formula is C13H19Cl2F3N2O. The second-order valence-corrected chi connectivity index (χ2v) is 4.71. The molecule has 1 aliphatic heterocycles. The van der Waals surface area contributed by atoms with Crippen LogP contribution in [0.2, 0.25) is 0 Å². The quantitative estimate of drug-likeness (QED) is 0.882. The number of alkyl halides is 3. The average Bonchev–Trinajstić information content (AvgIpc) is 2.37. The normalized spacial score (nSPS) is 17.5. The van der Waals surface area contributed by atoms with Gasteiger partial charge in [-0.25, -0.2) is 0 Å². The maximum Gasteiger partial charge on any atom is 0.390 e. The molecule has 1 heterocycles. The van der Waals surface area contributed by atoms with Crippen molar-refractivity contribution in [3.8, 4) is 5.75 Å². The van der Waals surface area contributed by atoms with Gasteiger partial charge in [-0.1, -0.05) is 12.1 Å². The van der Waals surface area contributed by atoms with Crippen molar-refractivity contribution in [1.29, 1.82) is 0 Å². The van der Waals surface area contributed by atoms with Crippen LogP contribution in [0.1, 0.15) is 18.0 Å². The molecule has 1 aliphatic rings. The SMILES string of the molecule is Cl.Cl.Oc1ccc([C@H](CC(F)(F)F)N2CCNCC2)cc1. The molecule has 1 saturated heterocycles. The summed E-state index contributed by atoms with van der Waals surface area (Å²) in [7, 11) is 0. The first kappa shape index (κ1) is 20.3. The van der Waals surface area contributed by atoms with Gasteiger partial charge in [0.25, 0.3) is 0 Å². The van der Waals surface area contributed by atoms with Crippen molar-refractivity contribution < 1.29 is 18.3 Å². The molecular weight excluding hydrogens is 328 g/mol. The summed E-state index contributed by atoms with van der Waals surface area (Å²) in [6, 6.07) is 5.31. The summed E-state index contributed by atoms with van der Waals surface area (Å²) in [5.41, 5.74) is 0.594. The van der Waals surface area contributed by atoms with Gasteiger partial charge in [-0.05, 0) is 17.7 Å². The smallest absolute Gasteiger partial charge is 0.390 e. The lowest BCUT2D eigenvalue weighted by molar-refractivity contribution is -0.148. The number of aromatic hydroxyl groups is 1. The van der Waals surface area contributed by atoms with E-state index in [0.29, 0.717) is 31.7 Å². The Morgan fingerprint density at radius 1 is 1.10 bits per heavy atom. The Balaban J connectivity index is 0.00000200. The minimum Gasteiger partial charge on any atom is -0.508 e. The van der Waals surface area contributed by atoms with Crippen molar-refractivity contribution in [3.05, 3.63) is 29.8 Å². The van der Waals surface area contributed by atoms with Crippen molar-refractivity contribution in [1.82, 2.24) is 10.2 Å². The molecule has 122 valence electrons. The van der Waals surface area contributed by atoms with Gasteiger partial charge < -0.3 is 10.4 Å². The van der Waals surface area contributed by atoms with Gasteiger partial charge in [-0.2, -0.15) is 13.2 Å². The van der Waals surface area contributed by atoms with E-state index in [1.54, 1.807) is 12.1 Å². The number of hydrogen-bond acceptors (Lipinski definition) is 3. The lowest BCUT2D eigenvalue weighted by Crippen LogP contribution is -2.46. The first-order chi connectivity index (χ1) is 8.96. The fourth-order valence-electron chi connectivity index (χ4n) is 2.37. The lowest BCUT2D eigenvalue weighted by atomic mass is 10.0. The predicted molar refractivity (Wildman–Crippen MR) is 80.5 cm³/mol. The second kappa shape index (κ2) is 8.68. The van der Waals surface area contributed by atoms with E-state index in [-0.39, 0.29) is 30.6 Å². The Labute approximate surface area is 134 Å². The molecule has 1 aromatic carbocycles. The molecule has 0 amide bonds. The molecule has 1 aromatic rings. The molecule has 3 nitrogen and oxygen atoms in total. The number of nitrogens with zero attached hydrogens (tertiary/aromatic N) is 1. The summed E-state index contributed by atoms with van der Waals surface area (Å²) < 4.78 is 38.2. The van der Waals surface area contributed by atoms with E-state index in [1.807, 2.05) is 4.90 Å². The highest BCUT2D eigenvalue weighted by Gasteiger charge is 2.35. The van der Waals surface area contributed by atoms with Gasteiger partial charge in [0.05, 0.1) is 6.42 Å². The molecule has 21 heavy (non-hydrogen) atoms. The van der Waals surface area contributed by atoms with Crippen LogP contribution in [0.15, 0.2) is 24.3 Å². The zero-order chi connectivity index (χ0) is 13.9. The molecule has 2 rings (SSSR count). The zero-order valence-electron chi connectivity index (χ0n) is 11.3. The average molecular weight is 347 g/mol. The van der Waals surface area contributed by atoms with Gasteiger partial charge in [0.15, 0.2) is 0 Å². The van der Waals surface area contributed by atoms with Crippen molar-refractivity contribution >= 4 is 24.8 Å². The highest BCUT2D eigenvalue weighted by Crippen LogP contribution is 2.34. The topological polar surface area (TPSA) is 35.5 Å². The Bertz CT molecular complexity index is 409. The molecule has 0 radical (unpaired) electrons. The fourth-order valence-corrected chi connectivity index (χ4v) is 2.37. The van der Waals surface area contributed by atoms with E-state index >= 15 is 0 Å². The first-order valence-electron chi connectivity index (χ1n) is 6.26. The van der Waals surface area contributed by atoms with Gasteiger partial charge in [0.2, 0.25) is 0 Å². The lowest BCUT2D eigenvalue weighted by Gasteiger charge is -2.35. The minimum absolute atomic E-state index is 0. The van der Waals surface area contributed by atoms with Gasteiger partial charge in [0, 0.05) is 32.2 Å². The minimum atomic E-state index is -4.20. The van der Waals surface area contributed by atoms with Crippen LogP contribution in [0.25, 0.3) is 0 Å². The summed E-state index contributed by atoms with van der Waals surface area (Å²) in [6.45, 7) is 2.60. The molecule has 2 N–H and O–H groups in total. The van der Waals surface area contributed by atoms with E-state index in [9.17, 15) is 18.3 Å². The van der Waals surface area contributed by atoms with Crippen LogP contribution < -0.4 is 5.32 Å². The van der Waals surface area contributed by atoms with E-state index in [1.165, 1.54) is 12.1 Å². The van der Waals surface area contributed by atoms with Crippen molar-refractivity contribution in [2.75, 3.05) is 26.2 Å². The van der Waals surface area contributed by atoms with Gasteiger partial charge in [0.1, 0.15) is 5.75 Å². The van der Waals surface area contributed by atoms with Crippen molar-refractivity contribution in [2.45, 2.75) is 18.6 Å². The monoisotopic (exact) mass is 346 g/mol. The number of hydrogen-bond donors (Lipinski definition) is 2. The molecule has 0 unspecified atom stereocenters. The molecule has 1 atom stereocenters. The number of phenolic OH excluding ortho intramolecular Hbond substituents is 1. The van der Waals surface area contributed by atoms with Crippen LogP contribution in [0.4, 0.5) is 13.2 Å². The van der Waals surface area contributed by atoms with Crippen LogP contribution in [0.5, 0.6) is 5.75 Å². The zero-order valence-corrected chi connectivity index (χ0v) is 12.9. The summed E-state index contributed by atoms with van der Waals surface area (Å²) >= 11 is 0. The molecule has 0 spiro atoms. The number of phenols is 1. The number of benzene rings is 1. The summed E-state index contributed by atoms with van der Waals surface area (Å²) in [5.74, 6) is 0.0646. The van der Waals surface area contributed by atoms with Crippen LogP contribution in [-0.2, 0) is 0 Å². The molecule has 0 aromatic heterocycles. The third-order valence-corrected chi connectivity index (χ3v) is 3.30. The van der Waals surface area contributed by atoms with Gasteiger partial charge in [-0.3, -0.25) is 4.90 Å². The van der Waals surface area contributed by atoms with E-state index in [2.05, 4.69) is 5.32 Å². The number of piperazine rings is 1. The maximum absolute atomic E-state index is 12.7. The maximum atomic E-state index is 12.7. The largest absolute Gasteiger partial charge is 0.508 e. The Hall–Kier alpha value is -0.690. The van der Waals surface area contributed by atoms with Crippen LogP contribution in [0.3, 0.4) is 0 Å². The summed E-state index contributed by atoms with van der Waals surface area (Å²) in [6.07, 6.45) is -5.06. The molecule has 0 saturated carbocycles.